The molecule has 3 rings (SSSR count). The Balaban J connectivity index is 1.71. The van der Waals surface area contributed by atoms with Crippen molar-refractivity contribution in [2.24, 2.45) is 17.8 Å². The summed E-state index contributed by atoms with van der Waals surface area (Å²) in [4.78, 5) is 16.4. The Bertz CT molecular complexity index is 458. The number of nitrogens with zero attached hydrogens (tertiary/aromatic N) is 1. The van der Waals surface area contributed by atoms with Gasteiger partial charge in [0.15, 0.2) is 5.78 Å². The molecule has 0 amide bonds. The van der Waals surface area contributed by atoms with Crippen LogP contribution in [0.3, 0.4) is 0 Å². The third-order valence-electron chi connectivity index (χ3n) is 4.60. The van der Waals surface area contributed by atoms with E-state index in [0.717, 1.165) is 11.8 Å². The Morgan fingerprint density at radius 2 is 2.33 bits per heavy atom. The minimum absolute atomic E-state index is 0.192. The fraction of sp³-hybridized carbons (Fsp3) is 0.600. The molecule has 0 aromatic carbocycles. The van der Waals surface area contributed by atoms with Crippen LogP contribution in [-0.4, -0.2) is 17.9 Å². The maximum Gasteiger partial charge on any atom is 0.224 e. The van der Waals surface area contributed by atoms with Crippen molar-refractivity contribution in [2.45, 2.75) is 32.1 Å². The maximum absolute atomic E-state index is 12.3. The Morgan fingerprint density at radius 1 is 1.44 bits per heavy atom. The number of rotatable bonds is 4. The summed E-state index contributed by atoms with van der Waals surface area (Å²) in [5.74, 6) is 2.94. The molecule has 2 aliphatic rings. The maximum atomic E-state index is 12.3. The summed E-state index contributed by atoms with van der Waals surface area (Å²) < 4.78 is 5.16. The lowest BCUT2D eigenvalue weighted by molar-refractivity contribution is 0.0940. The van der Waals surface area contributed by atoms with Crippen LogP contribution in [0, 0.1) is 17.8 Å². The Hall–Kier alpha value is -1.38. The molecule has 3 atom stereocenters. The standard InChI is InChI=1S/C15H19NO2/c1-18-15-13(3-2-6-16-15)14(17)9-12-8-10-4-5-11(12)7-10/h2-3,6,10-12H,4-5,7-9H2,1H3. The van der Waals surface area contributed by atoms with Crippen LogP contribution in [0.5, 0.6) is 5.88 Å². The van der Waals surface area contributed by atoms with Gasteiger partial charge in [-0.15, -0.1) is 0 Å². The molecule has 1 heterocycles. The second kappa shape index (κ2) is 4.71. The molecule has 3 nitrogen and oxygen atoms in total. The van der Waals surface area contributed by atoms with Crippen LogP contribution in [0.15, 0.2) is 18.3 Å². The molecular weight excluding hydrogens is 226 g/mol. The lowest BCUT2D eigenvalue weighted by Crippen LogP contribution is -2.16. The van der Waals surface area contributed by atoms with Crippen molar-refractivity contribution in [3.05, 3.63) is 23.9 Å². The van der Waals surface area contributed by atoms with Gasteiger partial charge in [0.2, 0.25) is 5.88 Å². The van der Waals surface area contributed by atoms with Crippen molar-refractivity contribution < 1.29 is 9.53 Å². The van der Waals surface area contributed by atoms with E-state index in [4.69, 9.17) is 4.74 Å². The summed E-state index contributed by atoms with van der Waals surface area (Å²) >= 11 is 0. The van der Waals surface area contributed by atoms with Gasteiger partial charge in [0.05, 0.1) is 12.7 Å². The first-order valence-electron chi connectivity index (χ1n) is 6.80. The van der Waals surface area contributed by atoms with E-state index in [-0.39, 0.29) is 5.78 Å². The third kappa shape index (κ3) is 2.02. The van der Waals surface area contributed by atoms with Crippen molar-refractivity contribution in [1.82, 2.24) is 4.98 Å². The highest BCUT2D eigenvalue weighted by Gasteiger charge is 2.40. The third-order valence-corrected chi connectivity index (χ3v) is 4.60. The van der Waals surface area contributed by atoms with Gasteiger partial charge < -0.3 is 4.74 Å². The summed E-state index contributed by atoms with van der Waals surface area (Å²) in [6, 6.07) is 3.62. The molecule has 0 spiro atoms. The molecule has 0 saturated heterocycles. The summed E-state index contributed by atoms with van der Waals surface area (Å²) in [6.07, 6.45) is 7.63. The van der Waals surface area contributed by atoms with Gasteiger partial charge in [0, 0.05) is 12.6 Å². The van der Waals surface area contributed by atoms with Gasteiger partial charge in [0.25, 0.3) is 0 Å². The van der Waals surface area contributed by atoms with E-state index in [1.165, 1.54) is 25.7 Å². The molecule has 0 aliphatic heterocycles. The molecule has 2 fully saturated rings. The molecule has 1 aromatic rings. The van der Waals surface area contributed by atoms with Crippen LogP contribution in [0.2, 0.25) is 0 Å². The van der Waals surface area contributed by atoms with Gasteiger partial charge in [0.1, 0.15) is 0 Å². The highest BCUT2D eigenvalue weighted by Crippen LogP contribution is 2.49. The monoisotopic (exact) mass is 245 g/mol. The van der Waals surface area contributed by atoms with Gasteiger partial charge in [-0.05, 0) is 49.1 Å². The van der Waals surface area contributed by atoms with Crippen LogP contribution < -0.4 is 4.74 Å². The number of ether oxygens (including phenoxy) is 1. The second-order valence-electron chi connectivity index (χ2n) is 5.62. The number of fused-ring (bicyclic) bond motifs is 2. The number of Topliss-reactive ketones (excluding diaryl/α,β-unsaturated/α-hetero) is 1. The van der Waals surface area contributed by atoms with Gasteiger partial charge in [-0.1, -0.05) is 6.42 Å². The molecular formula is C15H19NO2. The number of hydrogen-bond donors (Lipinski definition) is 0. The largest absolute Gasteiger partial charge is 0.480 e. The highest BCUT2D eigenvalue weighted by atomic mass is 16.5. The van der Waals surface area contributed by atoms with E-state index in [0.29, 0.717) is 23.8 Å². The summed E-state index contributed by atoms with van der Waals surface area (Å²) in [5.41, 5.74) is 0.641. The quantitative estimate of drug-likeness (QED) is 0.765. The molecule has 1 aromatic heterocycles. The fourth-order valence-corrected chi connectivity index (χ4v) is 3.74. The lowest BCUT2D eigenvalue weighted by Gasteiger charge is -2.20. The summed E-state index contributed by atoms with van der Waals surface area (Å²) in [5, 5.41) is 0. The van der Waals surface area contributed by atoms with Crippen molar-refractivity contribution in [3.63, 3.8) is 0 Å². The van der Waals surface area contributed by atoms with Crippen molar-refractivity contribution in [2.75, 3.05) is 7.11 Å². The van der Waals surface area contributed by atoms with Crippen LogP contribution in [0.4, 0.5) is 0 Å². The number of carbonyl (C=O) groups excluding carboxylic acids is 1. The molecule has 2 saturated carbocycles. The predicted octanol–water partition coefficient (Wildman–Crippen LogP) is 3.10. The minimum atomic E-state index is 0.192. The first-order valence-corrected chi connectivity index (χ1v) is 6.80. The predicted molar refractivity (Wildman–Crippen MR) is 68.7 cm³/mol. The number of pyridine rings is 1. The Kier molecular flexibility index (Phi) is 3.06. The normalized spacial score (nSPS) is 29.5. The van der Waals surface area contributed by atoms with Gasteiger partial charge in [-0.25, -0.2) is 4.98 Å². The van der Waals surface area contributed by atoms with Crippen LogP contribution in [0.25, 0.3) is 0 Å². The van der Waals surface area contributed by atoms with E-state index in [9.17, 15) is 4.79 Å². The summed E-state index contributed by atoms with van der Waals surface area (Å²) in [7, 11) is 1.57. The van der Waals surface area contributed by atoms with Crippen LogP contribution in [0.1, 0.15) is 42.5 Å². The zero-order chi connectivity index (χ0) is 12.5. The highest BCUT2D eigenvalue weighted by molar-refractivity contribution is 5.98. The number of ketones is 1. The number of methoxy groups -OCH3 is 1. The van der Waals surface area contributed by atoms with E-state index < -0.39 is 0 Å². The number of aromatic nitrogens is 1. The van der Waals surface area contributed by atoms with Crippen LogP contribution >= 0.6 is 0 Å². The van der Waals surface area contributed by atoms with Crippen LogP contribution in [-0.2, 0) is 0 Å². The second-order valence-corrected chi connectivity index (χ2v) is 5.62. The molecule has 2 bridgehead atoms. The molecule has 0 radical (unpaired) electrons. The molecule has 0 N–H and O–H groups in total. The first kappa shape index (κ1) is 11.7. The van der Waals surface area contributed by atoms with E-state index in [1.54, 1.807) is 19.4 Å². The van der Waals surface area contributed by atoms with Gasteiger partial charge in [-0.3, -0.25) is 4.79 Å². The molecule has 96 valence electrons. The minimum Gasteiger partial charge on any atom is -0.480 e. The zero-order valence-corrected chi connectivity index (χ0v) is 10.8. The van der Waals surface area contributed by atoms with E-state index in [2.05, 4.69) is 4.98 Å². The van der Waals surface area contributed by atoms with E-state index in [1.807, 2.05) is 6.07 Å². The number of hydrogen-bond acceptors (Lipinski definition) is 3. The topological polar surface area (TPSA) is 39.2 Å². The molecule has 2 aliphatic carbocycles. The Labute approximate surface area is 108 Å². The summed E-state index contributed by atoms with van der Waals surface area (Å²) in [6.45, 7) is 0. The van der Waals surface area contributed by atoms with Gasteiger partial charge in [-0.2, -0.15) is 0 Å². The fourth-order valence-electron chi connectivity index (χ4n) is 3.74. The zero-order valence-electron chi connectivity index (χ0n) is 10.8. The first-order chi connectivity index (χ1) is 8.78. The average Bonchev–Trinajstić information content (AvgIpc) is 3.01. The lowest BCUT2D eigenvalue weighted by atomic mass is 9.84. The SMILES string of the molecule is COc1ncccc1C(=O)CC1CC2CCC1C2. The molecule has 18 heavy (non-hydrogen) atoms. The number of carbonyl (C=O) groups is 1. The smallest absolute Gasteiger partial charge is 0.224 e. The van der Waals surface area contributed by atoms with E-state index >= 15 is 0 Å². The average molecular weight is 245 g/mol. The van der Waals surface area contributed by atoms with Crippen molar-refractivity contribution in [1.29, 1.82) is 0 Å². The Morgan fingerprint density at radius 3 is 3.00 bits per heavy atom. The molecule has 3 heteroatoms. The molecule has 3 unspecified atom stereocenters. The van der Waals surface area contributed by atoms with Crippen molar-refractivity contribution in [3.8, 4) is 5.88 Å². The van der Waals surface area contributed by atoms with Crippen molar-refractivity contribution >= 4 is 5.78 Å². The van der Waals surface area contributed by atoms with Gasteiger partial charge >= 0.3 is 0 Å².